The molecule has 4 aromatic rings. The smallest absolute Gasteiger partial charge is 0.283 e. The third kappa shape index (κ3) is 5.21. The number of ether oxygens (including phenoxy) is 2. The molecular formula is C27H30ClN3O5. The quantitative estimate of drug-likeness (QED) is 0.337. The second kappa shape index (κ2) is 10.5. The summed E-state index contributed by atoms with van der Waals surface area (Å²) >= 11 is 6.41. The van der Waals surface area contributed by atoms with Crippen LogP contribution < -0.4 is 9.47 Å². The Kier molecular flexibility index (Phi) is 7.18. The second-order valence-corrected chi connectivity index (χ2v) is 9.70. The summed E-state index contributed by atoms with van der Waals surface area (Å²) in [7, 11) is 1.64. The fraction of sp³-hybridized carbons (Fsp3) is 0.407. The largest absolute Gasteiger partial charge is 0.495 e. The molecule has 0 saturated carbocycles. The Hall–Kier alpha value is -3.07. The number of nitrogens with zero attached hydrogens (tertiary/aromatic N) is 3. The minimum absolute atomic E-state index is 0.187. The molecule has 1 fully saturated rings. The van der Waals surface area contributed by atoms with Crippen LogP contribution in [0.4, 0.5) is 0 Å². The minimum atomic E-state index is -0.612. The molecule has 1 saturated heterocycles. The zero-order valence-electron chi connectivity index (χ0n) is 20.7. The lowest BCUT2D eigenvalue weighted by Crippen LogP contribution is -2.40. The summed E-state index contributed by atoms with van der Waals surface area (Å²) in [6, 6.07) is 11.6. The van der Waals surface area contributed by atoms with Gasteiger partial charge in [-0.25, -0.2) is 0 Å². The number of aryl methyl sites for hydroxylation is 2. The van der Waals surface area contributed by atoms with E-state index in [1.807, 2.05) is 37.3 Å². The van der Waals surface area contributed by atoms with E-state index in [1.54, 1.807) is 14.0 Å². The van der Waals surface area contributed by atoms with Gasteiger partial charge in [-0.15, -0.1) is 10.2 Å². The van der Waals surface area contributed by atoms with Gasteiger partial charge in [-0.1, -0.05) is 23.7 Å². The summed E-state index contributed by atoms with van der Waals surface area (Å²) in [5, 5.41) is 20.0. The minimum Gasteiger partial charge on any atom is -0.495 e. The number of rotatable bonds is 8. The molecule has 0 radical (unpaired) electrons. The highest BCUT2D eigenvalue weighted by Crippen LogP contribution is 2.36. The molecule has 2 aromatic heterocycles. The van der Waals surface area contributed by atoms with Gasteiger partial charge in [0.15, 0.2) is 5.76 Å². The maximum atomic E-state index is 10.7. The Labute approximate surface area is 214 Å². The molecule has 0 bridgehead atoms. The summed E-state index contributed by atoms with van der Waals surface area (Å²) in [6.07, 6.45) is 1.42. The van der Waals surface area contributed by atoms with E-state index in [1.165, 1.54) is 5.56 Å². The van der Waals surface area contributed by atoms with Crippen molar-refractivity contribution in [3.63, 3.8) is 0 Å². The molecule has 1 aliphatic heterocycles. The summed E-state index contributed by atoms with van der Waals surface area (Å²) in [5.41, 5.74) is 2.97. The van der Waals surface area contributed by atoms with Crippen LogP contribution in [0, 0.1) is 13.8 Å². The van der Waals surface area contributed by atoms with Crippen molar-refractivity contribution in [1.29, 1.82) is 0 Å². The number of fused-ring (bicyclic) bond motifs is 1. The number of hydrogen-bond donors (Lipinski definition) is 1. The Morgan fingerprint density at radius 3 is 2.64 bits per heavy atom. The van der Waals surface area contributed by atoms with Crippen LogP contribution in [-0.4, -0.2) is 59.7 Å². The van der Waals surface area contributed by atoms with Crippen LogP contribution >= 0.6 is 11.6 Å². The maximum absolute atomic E-state index is 10.7. The summed E-state index contributed by atoms with van der Waals surface area (Å²) < 4.78 is 22.7. The van der Waals surface area contributed by atoms with E-state index < -0.39 is 6.10 Å². The fourth-order valence-corrected chi connectivity index (χ4v) is 5.25. The van der Waals surface area contributed by atoms with Crippen molar-refractivity contribution < 1.29 is 23.4 Å². The van der Waals surface area contributed by atoms with Gasteiger partial charge < -0.3 is 28.3 Å². The topological polar surface area (TPSA) is 94.0 Å². The van der Waals surface area contributed by atoms with Gasteiger partial charge in [0, 0.05) is 19.5 Å². The predicted molar refractivity (Wildman–Crippen MR) is 137 cm³/mol. The molecule has 2 aromatic carbocycles. The maximum Gasteiger partial charge on any atom is 0.283 e. The monoisotopic (exact) mass is 511 g/mol. The zero-order chi connectivity index (χ0) is 25.2. The van der Waals surface area contributed by atoms with Crippen LogP contribution in [0.3, 0.4) is 0 Å². The standard InChI is InChI=1S/C27H30ClN3O5/c1-16-11-19(12-22(28)26(16)33-3)18-7-9-31(10-8-18)14-20(32)15-34-23-5-4-6-24-21(23)13-25(36-24)27-30-29-17(2)35-27/h4-6,11-13,18,20,32H,7-10,14-15H2,1-3H3/t20-/m0/s1. The zero-order valence-corrected chi connectivity index (χ0v) is 21.4. The number of β-amino-alcohol motifs (C(OH)–C–C–N with tert-alkyl or cyclic N) is 1. The van der Waals surface area contributed by atoms with E-state index in [4.69, 9.17) is 29.9 Å². The van der Waals surface area contributed by atoms with Crippen molar-refractivity contribution in [2.24, 2.45) is 0 Å². The molecule has 1 N–H and O–H groups in total. The van der Waals surface area contributed by atoms with Crippen molar-refractivity contribution in [1.82, 2.24) is 15.1 Å². The number of hydrogen-bond acceptors (Lipinski definition) is 8. The molecule has 9 heteroatoms. The Bertz CT molecular complexity index is 1320. The lowest BCUT2D eigenvalue weighted by Gasteiger charge is -2.33. The van der Waals surface area contributed by atoms with E-state index in [9.17, 15) is 5.11 Å². The average Bonchev–Trinajstić information content (AvgIpc) is 3.49. The van der Waals surface area contributed by atoms with E-state index in [2.05, 4.69) is 21.2 Å². The van der Waals surface area contributed by atoms with Crippen LogP contribution in [0.25, 0.3) is 22.6 Å². The molecule has 0 unspecified atom stereocenters. The number of aromatic nitrogens is 2. The van der Waals surface area contributed by atoms with Crippen molar-refractivity contribution >= 4 is 22.6 Å². The number of likely N-dealkylation sites (tertiary alicyclic amines) is 1. The predicted octanol–water partition coefficient (Wildman–Crippen LogP) is 5.38. The summed E-state index contributed by atoms with van der Waals surface area (Å²) in [6.45, 7) is 6.32. The molecule has 1 atom stereocenters. The molecule has 0 spiro atoms. The SMILES string of the molecule is COc1c(C)cc(C2CCN(C[C@H](O)COc3cccc4oc(-c5nnc(C)o5)cc34)CC2)cc1Cl. The first-order chi connectivity index (χ1) is 17.4. The lowest BCUT2D eigenvalue weighted by atomic mass is 9.88. The van der Waals surface area contributed by atoms with Crippen LogP contribution in [0.1, 0.15) is 35.8 Å². The third-order valence-electron chi connectivity index (χ3n) is 6.67. The first-order valence-electron chi connectivity index (χ1n) is 12.1. The first-order valence-corrected chi connectivity index (χ1v) is 12.5. The van der Waals surface area contributed by atoms with Gasteiger partial charge in [0.1, 0.15) is 29.8 Å². The summed E-state index contributed by atoms with van der Waals surface area (Å²) in [5.74, 6) is 3.11. The Morgan fingerprint density at radius 1 is 1.14 bits per heavy atom. The highest BCUT2D eigenvalue weighted by atomic mass is 35.5. The molecule has 0 amide bonds. The number of aliphatic hydroxyl groups excluding tert-OH is 1. The molecule has 190 valence electrons. The highest BCUT2D eigenvalue weighted by molar-refractivity contribution is 6.32. The lowest BCUT2D eigenvalue weighted by molar-refractivity contribution is 0.0599. The molecule has 5 rings (SSSR count). The van der Waals surface area contributed by atoms with Gasteiger partial charge in [0.2, 0.25) is 5.89 Å². The van der Waals surface area contributed by atoms with Gasteiger partial charge in [-0.2, -0.15) is 0 Å². The normalized spacial score (nSPS) is 15.9. The Balaban J connectivity index is 1.15. The number of methoxy groups -OCH3 is 1. The number of furan rings is 1. The van der Waals surface area contributed by atoms with Gasteiger partial charge in [-0.05, 0) is 68.1 Å². The van der Waals surface area contributed by atoms with E-state index in [0.717, 1.165) is 42.6 Å². The van der Waals surface area contributed by atoms with Gasteiger partial charge in [0.25, 0.3) is 5.89 Å². The van der Waals surface area contributed by atoms with Crippen molar-refractivity contribution in [3.05, 3.63) is 58.4 Å². The van der Waals surface area contributed by atoms with Crippen LogP contribution in [0.2, 0.25) is 5.02 Å². The van der Waals surface area contributed by atoms with E-state index in [0.29, 0.717) is 46.4 Å². The molecule has 8 nitrogen and oxygen atoms in total. The van der Waals surface area contributed by atoms with Crippen molar-refractivity contribution in [2.45, 2.75) is 38.7 Å². The van der Waals surface area contributed by atoms with Crippen LogP contribution in [0.5, 0.6) is 11.5 Å². The molecule has 36 heavy (non-hydrogen) atoms. The fourth-order valence-electron chi connectivity index (χ4n) is 4.90. The van der Waals surface area contributed by atoms with Crippen LogP contribution in [-0.2, 0) is 0 Å². The number of benzene rings is 2. The average molecular weight is 512 g/mol. The Morgan fingerprint density at radius 2 is 1.94 bits per heavy atom. The van der Waals surface area contributed by atoms with E-state index in [-0.39, 0.29) is 6.61 Å². The van der Waals surface area contributed by atoms with Gasteiger partial charge in [0.05, 0.1) is 17.5 Å². The van der Waals surface area contributed by atoms with Crippen LogP contribution in [0.15, 0.2) is 45.2 Å². The molecular weight excluding hydrogens is 482 g/mol. The van der Waals surface area contributed by atoms with Crippen molar-refractivity contribution in [3.8, 4) is 23.1 Å². The van der Waals surface area contributed by atoms with E-state index >= 15 is 0 Å². The van der Waals surface area contributed by atoms with Gasteiger partial charge >= 0.3 is 0 Å². The third-order valence-corrected chi connectivity index (χ3v) is 6.95. The highest BCUT2D eigenvalue weighted by Gasteiger charge is 2.24. The number of aliphatic hydroxyl groups is 1. The molecule has 1 aliphatic rings. The molecule has 0 aliphatic carbocycles. The number of halogens is 1. The number of piperidine rings is 1. The summed E-state index contributed by atoms with van der Waals surface area (Å²) in [4.78, 5) is 2.29. The van der Waals surface area contributed by atoms with Crippen molar-refractivity contribution in [2.75, 3.05) is 33.4 Å². The first kappa shape index (κ1) is 24.6. The van der Waals surface area contributed by atoms with Gasteiger partial charge in [-0.3, -0.25) is 0 Å². The molecule has 3 heterocycles. The second-order valence-electron chi connectivity index (χ2n) is 9.30.